The van der Waals surface area contributed by atoms with Crippen LogP contribution in [0.15, 0.2) is 65.4 Å². The van der Waals surface area contributed by atoms with E-state index in [0.717, 1.165) is 5.56 Å². The molecule has 1 saturated carbocycles. The van der Waals surface area contributed by atoms with E-state index in [9.17, 15) is 39.9 Å². The van der Waals surface area contributed by atoms with Gasteiger partial charge in [0.15, 0.2) is 11.4 Å². The van der Waals surface area contributed by atoms with Gasteiger partial charge >= 0.3 is 0 Å². The van der Waals surface area contributed by atoms with Gasteiger partial charge in [0, 0.05) is 11.5 Å². The number of fused-ring (bicyclic) bond motifs is 3. The minimum absolute atomic E-state index is 0.0148. The van der Waals surface area contributed by atoms with Crippen molar-refractivity contribution < 1.29 is 39.9 Å². The zero-order valence-electron chi connectivity index (χ0n) is 21.4. The second-order valence-electron chi connectivity index (χ2n) is 10.6. The molecule has 0 aliphatic heterocycles. The molecule has 1 amide bonds. The molecular weight excluding hydrogens is 504 g/mol. The third-order valence-corrected chi connectivity index (χ3v) is 8.38. The summed E-state index contributed by atoms with van der Waals surface area (Å²) in [5.41, 5.74) is 2.56. The average molecular weight is 535 g/mol. The van der Waals surface area contributed by atoms with Gasteiger partial charge in [0.05, 0.1) is 23.6 Å². The molecule has 3 aliphatic rings. The Hall–Kier alpha value is -3.99. The van der Waals surface area contributed by atoms with Crippen molar-refractivity contribution in [3.05, 3.63) is 82.1 Å². The molecule has 3 aliphatic carbocycles. The number of aliphatic hydroxyl groups is 4. The summed E-state index contributed by atoms with van der Waals surface area (Å²) >= 11 is 0. The lowest BCUT2D eigenvalue weighted by atomic mass is 9.53. The van der Waals surface area contributed by atoms with Gasteiger partial charge in [0.2, 0.25) is 5.78 Å². The molecule has 2 aromatic rings. The van der Waals surface area contributed by atoms with Crippen LogP contribution in [0.4, 0.5) is 0 Å². The molecule has 10 nitrogen and oxygen atoms in total. The van der Waals surface area contributed by atoms with Gasteiger partial charge in [-0.3, -0.25) is 19.3 Å². The van der Waals surface area contributed by atoms with Crippen molar-refractivity contribution in [3.8, 4) is 5.75 Å². The fourth-order valence-corrected chi connectivity index (χ4v) is 6.70. The van der Waals surface area contributed by atoms with Crippen LogP contribution < -0.4 is 5.73 Å². The molecule has 0 spiro atoms. The van der Waals surface area contributed by atoms with E-state index >= 15 is 0 Å². The van der Waals surface area contributed by atoms with E-state index < -0.39 is 75.6 Å². The summed E-state index contributed by atoms with van der Waals surface area (Å²) in [5.74, 6) is -8.96. The number of phenols is 1. The zero-order chi connectivity index (χ0) is 28.4. The van der Waals surface area contributed by atoms with Crippen molar-refractivity contribution in [1.82, 2.24) is 4.90 Å². The number of ketones is 2. The first kappa shape index (κ1) is 26.6. The van der Waals surface area contributed by atoms with Crippen LogP contribution >= 0.6 is 0 Å². The number of carbonyl (C=O) groups is 3. The van der Waals surface area contributed by atoms with Crippen LogP contribution in [0.25, 0.3) is 5.76 Å². The molecule has 10 heteroatoms. The van der Waals surface area contributed by atoms with E-state index in [2.05, 4.69) is 0 Å². The van der Waals surface area contributed by atoms with Gasteiger partial charge < -0.3 is 31.3 Å². The smallest absolute Gasteiger partial charge is 0.255 e. The molecule has 6 atom stereocenters. The number of nitrogens with two attached hydrogens (primary N) is 1. The number of nitrogens with zero attached hydrogens (tertiary/aromatic N) is 1. The van der Waals surface area contributed by atoms with Gasteiger partial charge in [-0.1, -0.05) is 42.5 Å². The minimum Gasteiger partial charge on any atom is -0.508 e. The Morgan fingerprint density at radius 1 is 1.03 bits per heavy atom. The lowest BCUT2D eigenvalue weighted by molar-refractivity contribution is -0.169. The summed E-state index contributed by atoms with van der Waals surface area (Å²) in [6.07, 6.45) is -0.727. The van der Waals surface area contributed by atoms with Crippen LogP contribution in [0.1, 0.15) is 29.0 Å². The first-order valence-corrected chi connectivity index (χ1v) is 12.6. The Bertz CT molecular complexity index is 1450. The van der Waals surface area contributed by atoms with Crippen LogP contribution in [0.3, 0.4) is 0 Å². The first-order chi connectivity index (χ1) is 18.4. The third kappa shape index (κ3) is 3.70. The van der Waals surface area contributed by atoms with E-state index in [4.69, 9.17) is 5.73 Å². The lowest BCUT2D eigenvalue weighted by Gasteiger charge is -2.54. The maximum atomic E-state index is 14.1. The maximum absolute atomic E-state index is 14.1. The highest BCUT2D eigenvalue weighted by atomic mass is 16.4. The molecule has 0 aromatic heterocycles. The van der Waals surface area contributed by atoms with E-state index in [1.165, 1.54) is 25.1 Å². The van der Waals surface area contributed by atoms with E-state index in [-0.39, 0.29) is 11.3 Å². The molecular formula is C29H30N2O8. The van der Waals surface area contributed by atoms with Crippen LogP contribution in [0.5, 0.6) is 5.75 Å². The number of carbonyl (C=O) groups excluding carboxylic acids is 3. The number of benzene rings is 2. The number of aryl methyl sites for hydroxylation is 1. The monoisotopic (exact) mass is 534 g/mol. The molecule has 1 unspecified atom stereocenters. The normalized spacial score (nSPS) is 30.2. The highest BCUT2D eigenvalue weighted by Crippen LogP contribution is 2.57. The number of aliphatic hydroxyl groups excluding tert-OH is 3. The van der Waals surface area contributed by atoms with Crippen LogP contribution in [0.2, 0.25) is 0 Å². The second-order valence-corrected chi connectivity index (χ2v) is 10.6. The molecule has 0 saturated heterocycles. The Kier molecular flexibility index (Phi) is 6.37. The number of likely N-dealkylation sites (N-methyl/N-ethyl adjacent to an activating group) is 1. The van der Waals surface area contributed by atoms with E-state index in [1.807, 2.05) is 30.3 Å². The van der Waals surface area contributed by atoms with Crippen molar-refractivity contribution in [1.29, 1.82) is 0 Å². The maximum Gasteiger partial charge on any atom is 0.255 e. The molecule has 5 rings (SSSR count). The van der Waals surface area contributed by atoms with Crippen molar-refractivity contribution in [2.24, 2.45) is 17.6 Å². The third-order valence-electron chi connectivity index (χ3n) is 8.38. The Morgan fingerprint density at radius 3 is 2.31 bits per heavy atom. The number of amides is 1. The quantitative estimate of drug-likeness (QED) is 0.306. The van der Waals surface area contributed by atoms with E-state index in [0.29, 0.717) is 18.4 Å². The number of hydrogen-bond acceptors (Lipinski definition) is 9. The molecule has 7 N–H and O–H groups in total. The summed E-state index contributed by atoms with van der Waals surface area (Å²) in [6, 6.07) is 12.7. The fraction of sp³-hybridized carbons (Fsp3) is 0.345. The van der Waals surface area contributed by atoms with Gasteiger partial charge in [0.25, 0.3) is 5.91 Å². The van der Waals surface area contributed by atoms with Gasteiger partial charge in [-0.15, -0.1) is 0 Å². The van der Waals surface area contributed by atoms with Crippen molar-refractivity contribution >= 4 is 23.2 Å². The molecule has 0 heterocycles. The summed E-state index contributed by atoms with van der Waals surface area (Å²) in [6.45, 7) is 0. The molecule has 39 heavy (non-hydrogen) atoms. The molecule has 2 aromatic carbocycles. The molecule has 0 radical (unpaired) electrons. The van der Waals surface area contributed by atoms with E-state index in [1.54, 1.807) is 12.1 Å². The van der Waals surface area contributed by atoms with Gasteiger partial charge in [0.1, 0.15) is 22.8 Å². The predicted octanol–water partition coefficient (Wildman–Crippen LogP) is 1.11. The summed E-state index contributed by atoms with van der Waals surface area (Å²) < 4.78 is 0. The predicted molar refractivity (Wildman–Crippen MR) is 139 cm³/mol. The first-order valence-electron chi connectivity index (χ1n) is 12.6. The standard InChI is InChI=1S/C29H30N2O8/c1-31(2)22-21-24(34)18-15(12-11-13-7-4-3-5-8-13)14-9-6-10-16(32)17(14)23(33)19(18)26(36)29(21,39)27(37)20(25(22)35)28(30)38/h3-10,15,18,21-22,24,32-34,37,39H,11-12H2,1-2H3,(H2,30,38)/t15-,18+,21+,22?,24-,29-/m0/s1. The van der Waals surface area contributed by atoms with Crippen LogP contribution in [-0.4, -0.2) is 79.7 Å². The van der Waals surface area contributed by atoms with Crippen molar-refractivity contribution in [2.75, 3.05) is 14.1 Å². The van der Waals surface area contributed by atoms with Crippen molar-refractivity contribution in [3.63, 3.8) is 0 Å². The Balaban J connectivity index is 1.75. The highest BCUT2D eigenvalue weighted by molar-refractivity contribution is 6.24. The van der Waals surface area contributed by atoms with Gasteiger partial charge in [-0.2, -0.15) is 0 Å². The number of hydrogen-bond donors (Lipinski definition) is 6. The Morgan fingerprint density at radius 2 is 1.69 bits per heavy atom. The average Bonchev–Trinajstić information content (AvgIpc) is 2.88. The number of rotatable bonds is 5. The van der Waals surface area contributed by atoms with Crippen LogP contribution in [0, 0.1) is 11.8 Å². The number of aromatic hydroxyl groups is 1. The highest BCUT2D eigenvalue weighted by Gasteiger charge is 2.68. The SMILES string of the molecule is CN(C)C1C(=O)C(C(N)=O)=C(O)[C@@]2(O)C(=O)C3=C(O)c4c(O)cccc4[C@H](CCc4ccccc4)[C@H]3[C@H](O)[C@@H]12. The van der Waals surface area contributed by atoms with Crippen LogP contribution in [-0.2, 0) is 20.8 Å². The number of primary amides is 1. The molecule has 1 fully saturated rings. The van der Waals surface area contributed by atoms with Gasteiger partial charge in [-0.05, 0) is 50.0 Å². The zero-order valence-corrected chi connectivity index (χ0v) is 21.4. The molecule has 0 bridgehead atoms. The van der Waals surface area contributed by atoms with Crippen molar-refractivity contribution in [2.45, 2.75) is 36.5 Å². The summed E-state index contributed by atoms with van der Waals surface area (Å²) in [7, 11) is 2.95. The summed E-state index contributed by atoms with van der Waals surface area (Å²) in [4.78, 5) is 41.0. The number of phenolic OH excluding ortho intramolecular Hbond substituents is 1. The second kappa shape index (κ2) is 9.33. The number of Topliss-reactive ketones (excluding diaryl/α,β-unsaturated/α-hetero) is 2. The minimum atomic E-state index is -2.93. The fourth-order valence-electron chi connectivity index (χ4n) is 6.70. The summed E-state index contributed by atoms with van der Waals surface area (Å²) in [5, 5.41) is 56.7. The molecule has 204 valence electrons. The largest absolute Gasteiger partial charge is 0.508 e. The Labute approximate surface area is 224 Å². The van der Waals surface area contributed by atoms with Gasteiger partial charge in [-0.25, -0.2) is 0 Å². The topological polar surface area (TPSA) is 182 Å². The lowest BCUT2D eigenvalue weighted by Crippen LogP contribution is -2.70.